The van der Waals surface area contributed by atoms with Gasteiger partial charge in [-0.15, -0.1) is 11.3 Å². The lowest BCUT2D eigenvalue weighted by atomic mass is 9.97. The van der Waals surface area contributed by atoms with E-state index in [-0.39, 0.29) is 11.9 Å². The van der Waals surface area contributed by atoms with Crippen molar-refractivity contribution in [2.45, 2.75) is 32.2 Å². The van der Waals surface area contributed by atoms with Crippen LogP contribution >= 0.6 is 22.9 Å². The average molecular weight is 322 g/mol. The Morgan fingerprint density at radius 3 is 3.10 bits per heavy atom. The Labute approximate surface area is 132 Å². The number of nitrogens with one attached hydrogen (secondary N) is 1. The molecule has 3 rings (SSSR count). The Morgan fingerprint density at radius 2 is 2.33 bits per heavy atom. The monoisotopic (exact) mass is 321 g/mol. The van der Waals surface area contributed by atoms with E-state index in [2.05, 4.69) is 10.3 Å². The minimum atomic E-state index is -0.120. The van der Waals surface area contributed by atoms with Gasteiger partial charge in [-0.2, -0.15) is 0 Å². The van der Waals surface area contributed by atoms with Gasteiger partial charge in [-0.05, 0) is 37.5 Å². The van der Waals surface area contributed by atoms with Crippen molar-refractivity contribution >= 4 is 34.0 Å². The van der Waals surface area contributed by atoms with Gasteiger partial charge in [-0.1, -0.05) is 17.7 Å². The smallest absolute Gasteiger partial charge is 0.253 e. The van der Waals surface area contributed by atoms with E-state index in [1.807, 2.05) is 13.0 Å². The van der Waals surface area contributed by atoms with Gasteiger partial charge in [-0.25, -0.2) is 4.98 Å². The molecule has 6 heteroatoms. The predicted octanol–water partition coefficient (Wildman–Crippen LogP) is 2.97. The first-order valence-electron chi connectivity index (χ1n) is 6.84. The fourth-order valence-electron chi connectivity index (χ4n) is 2.59. The standard InChI is InChI=1S/C15H16ClN3OS/c1-8-2-4-10(11(16)6-8)14(20)18-9-3-5-12-13(7-9)21-15(17)19-12/h2,4,6,9H,3,5,7H2,1H3,(H2,17,19)(H,18,20)/t9-/m0/s1. The number of carbonyl (C=O) groups is 1. The zero-order valence-electron chi connectivity index (χ0n) is 11.6. The minimum absolute atomic E-state index is 0.113. The molecule has 1 amide bonds. The molecule has 0 unspecified atom stereocenters. The summed E-state index contributed by atoms with van der Waals surface area (Å²) in [6.07, 6.45) is 2.53. The van der Waals surface area contributed by atoms with Crippen molar-refractivity contribution in [3.05, 3.63) is 44.9 Å². The second-order valence-electron chi connectivity index (χ2n) is 5.32. The molecule has 2 aromatic rings. The lowest BCUT2D eigenvalue weighted by molar-refractivity contribution is 0.0934. The van der Waals surface area contributed by atoms with Gasteiger partial charge < -0.3 is 11.1 Å². The highest BCUT2D eigenvalue weighted by atomic mass is 35.5. The Hall–Kier alpha value is -1.59. The van der Waals surface area contributed by atoms with Crippen LogP contribution in [0.4, 0.5) is 5.13 Å². The normalized spacial score (nSPS) is 17.3. The van der Waals surface area contributed by atoms with Crippen molar-refractivity contribution in [3.63, 3.8) is 0 Å². The van der Waals surface area contributed by atoms with Gasteiger partial charge in [0.05, 0.1) is 16.3 Å². The Bertz CT molecular complexity index is 698. The number of aromatic nitrogens is 1. The maximum Gasteiger partial charge on any atom is 0.253 e. The first kappa shape index (κ1) is 14.4. The molecule has 3 N–H and O–H groups in total. The number of carbonyl (C=O) groups excluding carboxylic acids is 1. The number of rotatable bonds is 2. The number of amides is 1. The minimum Gasteiger partial charge on any atom is -0.375 e. The van der Waals surface area contributed by atoms with E-state index >= 15 is 0 Å². The zero-order valence-corrected chi connectivity index (χ0v) is 13.2. The van der Waals surface area contributed by atoms with Crippen LogP contribution < -0.4 is 11.1 Å². The molecule has 1 aromatic heterocycles. The van der Waals surface area contributed by atoms with Crippen LogP contribution in [-0.4, -0.2) is 16.9 Å². The number of fused-ring (bicyclic) bond motifs is 1. The summed E-state index contributed by atoms with van der Waals surface area (Å²) in [5, 5.41) is 4.16. The van der Waals surface area contributed by atoms with Crippen molar-refractivity contribution in [1.29, 1.82) is 0 Å². The Balaban J connectivity index is 1.71. The number of anilines is 1. The highest BCUT2D eigenvalue weighted by molar-refractivity contribution is 7.15. The van der Waals surface area contributed by atoms with Gasteiger partial charge in [-0.3, -0.25) is 4.79 Å². The molecule has 1 aliphatic carbocycles. The van der Waals surface area contributed by atoms with Crippen molar-refractivity contribution in [1.82, 2.24) is 10.3 Å². The summed E-state index contributed by atoms with van der Waals surface area (Å²) in [5.41, 5.74) is 8.38. The Kier molecular flexibility index (Phi) is 3.87. The molecule has 0 spiro atoms. The third-order valence-electron chi connectivity index (χ3n) is 3.66. The highest BCUT2D eigenvalue weighted by Crippen LogP contribution is 2.28. The molecule has 0 bridgehead atoms. The highest BCUT2D eigenvalue weighted by Gasteiger charge is 2.24. The maximum atomic E-state index is 12.3. The molecule has 1 atom stereocenters. The van der Waals surface area contributed by atoms with Crippen LogP contribution in [0.5, 0.6) is 0 Å². The zero-order chi connectivity index (χ0) is 15.0. The molecule has 0 aliphatic heterocycles. The lowest BCUT2D eigenvalue weighted by Crippen LogP contribution is -2.38. The number of halogens is 1. The average Bonchev–Trinajstić information content (AvgIpc) is 2.77. The van der Waals surface area contributed by atoms with Crippen molar-refractivity contribution in [2.24, 2.45) is 0 Å². The summed E-state index contributed by atoms with van der Waals surface area (Å²) >= 11 is 7.65. The molecule has 0 fully saturated rings. The number of hydrogen-bond donors (Lipinski definition) is 2. The molecule has 1 aliphatic rings. The maximum absolute atomic E-state index is 12.3. The fourth-order valence-corrected chi connectivity index (χ4v) is 3.86. The molecule has 0 radical (unpaired) electrons. The molecule has 1 aromatic carbocycles. The summed E-state index contributed by atoms with van der Waals surface area (Å²) in [5.74, 6) is -0.120. The SMILES string of the molecule is Cc1ccc(C(=O)N[C@H]2CCc3nc(N)sc3C2)c(Cl)c1. The first-order valence-corrected chi connectivity index (χ1v) is 8.03. The van der Waals surface area contributed by atoms with Crippen LogP contribution in [0, 0.1) is 6.92 Å². The van der Waals surface area contributed by atoms with Crippen LogP contribution in [0.15, 0.2) is 18.2 Å². The molecular weight excluding hydrogens is 306 g/mol. The summed E-state index contributed by atoms with van der Waals surface area (Å²) in [6.45, 7) is 1.95. The van der Waals surface area contributed by atoms with Crippen LogP contribution in [0.25, 0.3) is 0 Å². The third kappa shape index (κ3) is 3.04. The van der Waals surface area contributed by atoms with Gasteiger partial charge in [0.15, 0.2) is 5.13 Å². The van der Waals surface area contributed by atoms with Gasteiger partial charge >= 0.3 is 0 Å². The summed E-state index contributed by atoms with van der Waals surface area (Å²) < 4.78 is 0. The lowest BCUT2D eigenvalue weighted by Gasteiger charge is -2.22. The summed E-state index contributed by atoms with van der Waals surface area (Å²) in [7, 11) is 0. The third-order valence-corrected chi connectivity index (χ3v) is 4.92. The second kappa shape index (κ2) is 5.66. The molecule has 110 valence electrons. The van der Waals surface area contributed by atoms with Gasteiger partial charge in [0, 0.05) is 17.3 Å². The topological polar surface area (TPSA) is 68.0 Å². The largest absolute Gasteiger partial charge is 0.375 e. The first-order chi connectivity index (χ1) is 10.0. The van der Waals surface area contributed by atoms with Crippen LogP contribution in [0.3, 0.4) is 0 Å². The number of nitrogens with zero attached hydrogens (tertiary/aromatic N) is 1. The molecule has 1 heterocycles. The molecule has 21 heavy (non-hydrogen) atoms. The van der Waals surface area contributed by atoms with Crippen LogP contribution in [-0.2, 0) is 12.8 Å². The fraction of sp³-hybridized carbons (Fsp3) is 0.333. The molecular formula is C15H16ClN3OS. The molecule has 4 nitrogen and oxygen atoms in total. The van der Waals surface area contributed by atoms with E-state index < -0.39 is 0 Å². The van der Waals surface area contributed by atoms with E-state index in [1.165, 1.54) is 16.2 Å². The number of hydrogen-bond acceptors (Lipinski definition) is 4. The van der Waals surface area contributed by atoms with E-state index in [0.717, 1.165) is 30.5 Å². The number of nitrogen functional groups attached to an aromatic ring is 1. The quantitative estimate of drug-likeness (QED) is 0.893. The van der Waals surface area contributed by atoms with E-state index in [4.69, 9.17) is 17.3 Å². The molecule has 0 saturated carbocycles. The van der Waals surface area contributed by atoms with E-state index in [9.17, 15) is 4.79 Å². The Morgan fingerprint density at radius 1 is 1.52 bits per heavy atom. The second-order valence-corrected chi connectivity index (χ2v) is 6.84. The van der Waals surface area contributed by atoms with Crippen molar-refractivity contribution < 1.29 is 4.79 Å². The predicted molar refractivity (Wildman–Crippen MR) is 86.0 cm³/mol. The number of nitrogens with two attached hydrogens (primary N) is 1. The van der Waals surface area contributed by atoms with Crippen molar-refractivity contribution in [3.8, 4) is 0 Å². The van der Waals surface area contributed by atoms with Gasteiger partial charge in [0.2, 0.25) is 0 Å². The number of thiazole rings is 1. The van der Waals surface area contributed by atoms with Crippen LogP contribution in [0.2, 0.25) is 5.02 Å². The summed E-state index contributed by atoms with van der Waals surface area (Å²) in [6, 6.07) is 5.58. The van der Waals surface area contributed by atoms with E-state index in [1.54, 1.807) is 12.1 Å². The van der Waals surface area contributed by atoms with Crippen molar-refractivity contribution in [2.75, 3.05) is 5.73 Å². The molecule has 0 saturated heterocycles. The number of benzene rings is 1. The number of aryl methyl sites for hydroxylation is 2. The van der Waals surface area contributed by atoms with Gasteiger partial charge in [0.1, 0.15) is 0 Å². The summed E-state index contributed by atoms with van der Waals surface area (Å²) in [4.78, 5) is 17.8. The van der Waals surface area contributed by atoms with Crippen LogP contribution in [0.1, 0.15) is 32.9 Å². The van der Waals surface area contributed by atoms with Gasteiger partial charge in [0.25, 0.3) is 5.91 Å². The van der Waals surface area contributed by atoms with E-state index in [0.29, 0.717) is 15.7 Å².